The van der Waals surface area contributed by atoms with E-state index in [2.05, 4.69) is 15.6 Å². The molecule has 2 aliphatic heterocycles. The Labute approximate surface area is 121 Å². The number of carbonyl (C=O) groups excluding carboxylic acids is 3. The molecule has 0 saturated carbocycles. The summed E-state index contributed by atoms with van der Waals surface area (Å²) < 4.78 is 1.87. The maximum absolute atomic E-state index is 12.6. The van der Waals surface area contributed by atoms with Gasteiger partial charge >= 0.3 is 0 Å². The van der Waals surface area contributed by atoms with Gasteiger partial charge in [0.05, 0.1) is 0 Å². The summed E-state index contributed by atoms with van der Waals surface area (Å²) in [6, 6.07) is 0. The minimum Gasteiger partial charge on any atom is -0.356 e. The first-order valence-electron chi connectivity index (χ1n) is 6.87. The van der Waals surface area contributed by atoms with Crippen molar-refractivity contribution in [3.05, 3.63) is 11.9 Å². The Kier molecular flexibility index (Phi) is 2.96. The van der Waals surface area contributed by atoms with E-state index >= 15 is 0 Å². The Morgan fingerprint density at radius 1 is 1.38 bits per heavy atom. The van der Waals surface area contributed by atoms with Gasteiger partial charge in [-0.3, -0.25) is 19.7 Å². The normalized spacial score (nSPS) is 20.6. The Morgan fingerprint density at radius 2 is 2.14 bits per heavy atom. The van der Waals surface area contributed by atoms with Crippen molar-refractivity contribution in [3.63, 3.8) is 0 Å². The highest BCUT2D eigenvalue weighted by molar-refractivity contribution is 6.08. The lowest BCUT2D eigenvalue weighted by atomic mass is 9.98. The van der Waals surface area contributed by atoms with Crippen LogP contribution in [0.5, 0.6) is 0 Å². The number of rotatable bonds is 1. The number of carbonyl (C=O) groups is 3. The number of nitrogens with one attached hydrogen (secondary N) is 2. The van der Waals surface area contributed by atoms with E-state index in [0.29, 0.717) is 5.95 Å². The van der Waals surface area contributed by atoms with Crippen molar-refractivity contribution in [1.82, 2.24) is 19.8 Å². The molecule has 0 unspecified atom stereocenters. The molecule has 0 radical (unpaired) electrons. The number of hydrogen-bond donors (Lipinski definition) is 2. The molecule has 8 nitrogen and oxygen atoms in total. The summed E-state index contributed by atoms with van der Waals surface area (Å²) in [7, 11) is 0. The van der Waals surface area contributed by atoms with E-state index in [1.165, 1.54) is 4.90 Å². The third-order valence-corrected chi connectivity index (χ3v) is 3.88. The monoisotopic (exact) mass is 291 g/mol. The number of amides is 3. The summed E-state index contributed by atoms with van der Waals surface area (Å²) in [5.74, 6) is -0.717. The fraction of sp³-hybridized carbons (Fsp3) is 0.538. The van der Waals surface area contributed by atoms with Crippen LogP contribution in [-0.2, 0) is 16.1 Å². The highest BCUT2D eigenvalue weighted by Crippen LogP contribution is 2.22. The van der Waals surface area contributed by atoms with Crippen LogP contribution in [0.25, 0.3) is 0 Å². The van der Waals surface area contributed by atoms with Gasteiger partial charge in [0.1, 0.15) is 17.8 Å². The zero-order valence-electron chi connectivity index (χ0n) is 12.0. The lowest BCUT2D eigenvalue weighted by Crippen LogP contribution is -2.65. The fourth-order valence-electron chi connectivity index (χ4n) is 2.53. The van der Waals surface area contributed by atoms with Gasteiger partial charge in [0.25, 0.3) is 11.8 Å². The summed E-state index contributed by atoms with van der Waals surface area (Å²) in [6.07, 6.45) is 2.63. The molecule has 2 aliphatic rings. The van der Waals surface area contributed by atoms with Crippen LogP contribution in [0.1, 0.15) is 30.8 Å². The smallest absolute Gasteiger partial charge is 0.275 e. The molecule has 0 bridgehead atoms. The standard InChI is InChI=1S/C13H17N5O3/c1-13(2)11(21)16-9(19)7-18(13)10(20)8-6-17-5-3-4-14-12(17)15-8/h6H,3-5,7H2,1-2H3,(H,14,15)(H,16,19,21). The minimum atomic E-state index is -1.08. The number of aryl methyl sites for hydroxylation is 1. The second-order valence-electron chi connectivity index (χ2n) is 5.75. The lowest BCUT2D eigenvalue weighted by Gasteiger charge is -2.39. The third kappa shape index (κ3) is 2.16. The molecule has 1 saturated heterocycles. The molecule has 1 fully saturated rings. The number of hydrogen-bond acceptors (Lipinski definition) is 5. The molecule has 8 heteroatoms. The van der Waals surface area contributed by atoms with Gasteiger partial charge in [0.2, 0.25) is 11.9 Å². The van der Waals surface area contributed by atoms with Crippen LogP contribution >= 0.6 is 0 Å². The Bertz CT molecular complexity index is 610. The fourth-order valence-corrected chi connectivity index (χ4v) is 2.53. The van der Waals surface area contributed by atoms with Gasteiger partial charge in [0.15, 0.2) is 0 Å². The molecule has 0 aliphatic carbocycles. The number of anilines is 1. The first-order valence-corrected chi connectivity index (χ1v) is 6.87. The molecule has 1 aromatic rings. The zero-order chi connectivity index (χ0) is 15.2. The SMILES string of the molecule is CC1(C)C(=O)NC(=O)CN1C(=O)c1cn2c(n1)NCCC2. The zero-order valence-corrected chi connectivity index (χ0v) is 12.0. The minimum absolute atomic E-state index is 0.146. The highest BCUT2D eigenvalue weighted by Gasteiger charge is 2.44. The van der Waals surface area contributed by atoms with E-state index in [-0.39, 0.29) is 12.2 Å². The number of imide groups is 1. The summed E-state index contributed by atoms with van der Waals surface area (Å²) >= 11 is 0. The number of nitrogens with zero attached hydrogens (tertiary/aromatic N) is 3. The van der Waals surface area contributed by atoms with Gasteiger partial charge < -0.3 is 14.8 Å². The van der Waals surface area contributed by atoms with Gasteiger partial charge in [-0.25, -0.2) is 4.98 Å². The van der Waals surface area contributed by atoms with Crippen LogP contribution in [0.2, 0.25) is 0 Å². The van der Waals surface area contributed by atoms with Crippen LogP contribution in [-0.4, -0.2) is 50.8 Å². The summed E-state index contributed by atoms with van der Waals surface area (Å²) in [4.78, 5) is 41.6. The van der Waals surface area contributed by atoms with E-state index in [4.69, 9.17) is 0 Å². The molecule has 0 aromatic carbocycles. The van der Waals surface area contributed by atoms with Crippen LogP contribution in [0, 0.1) is 0 Å². The summed E-state index contributed by atoms with van der Waals surface area (Å²) in [5, 5.41) is 5.36. The van der Waals surface area contributed by atoms with E-state index < -0.39 is 23.3 Å². The van der Waals surface area contributed by atoms with Gasteiger partial charge in [-0.15, -0.1) is 0 Å². The first-order chi connectivity index (χ1) is 9.89. The van der Waals surface area contributed by atoms with Crippen molar-refractivity contribution in [1.29, 1.82) is 0 Å². The molecule has 3 heterocycles. The predicted molar refractivity (Wildman–Crippen MR) is 73.6 cm³/mol. The van der Waals surface area contributed by atoms with Gasteiger partial charge in [-0.05, 0) is 20.3 Å². The van der Waals surface area contributed by atoms with Crippen molar-refractivity contribution in [3.8, 4) is 0 Å². The van der Waals surface area contributed by atoms with Crippen LogP contribution < -0.4 is 10.6 Å². The highest BCUT2D eigenvalue weighted by atomic mass is 16.2. The average molecular weight is 291 g/mol. The molecule has 21 heavy (non-hydrogen) atoms. The molecular weight excluding hydrogens is 274 g/mol. The number of imidazole rings is 1. The van der Waals surface area contributed by atoms with Crippen molar-refractivity contribution in [2.75, 3.05) is 18.4 Å². The average Bonchev–Trinajstić information content (AvgIpc) is 2.86. The Morgan fingerprint density at radius 3 is 2.86 bits per heavy atom. The number of aromatic nitrogens is 2. The maximum atomic E-state index is 12.6. The third-order valence-electron chi connectivity index (χ3n) is 3.88. The van der Waals surface area contributed by atoms with Crippen molar-refractivity contribution >= 4 is 23.7 Å². The molecule has 0 spiro atoms. The second-order valence-corrected chi connectivity index (χ2v) is 5.75. The molecule has 0 atom stereocenters. The molecule has 3 rings (SSSR count). The Hall–Kier alpha value is -2.38. The molecule has 112 valence electrons. The van der Waals surface area contributed by atoms with E-state index in [1.54, 1.807) is 20.0 Å². The van der Waals surface area contributed by atoms with Crippen LogP contribution in [0.4, 0.5) is 5.95 Å². The van der Waals surface area contributed by atoms with Gasteiger partial charge in [-0.1, -0.05) is 0 Å². The Balaban J connectivity index is 1.91. The van der Waals surface area contributed by atoms with Crippen LogP contribution in [0.3, 0.4) is 0 Å². The van der Waals surface area contributed by atoms with E-state index in [0.717, 1.165) is 19.5 Å². The van der Waals surface area contributed by atoms with E-state index in [9.17, 15) is 14.4 Å². The van der Waals surface area contributed by atoms with Gasteiger partial charge in [0, 0.05) is 19.3 Å². The number of fused-ring (bicyclic) bond motifs is 1. The molecule has 1 aromatic heterocycles. The van der Waals surface area contributed by atoms with Gasteiger partial charge in [-0.2, -0.15) is 0 Å². The van der Waals surface area contributed by atoms with Crippen molar-refractivity contribution < 1.29 is 14.4 Å². The predicted octanol–water partition coefficient (Wildman–Crippen LogP) is -0.424. The quantitative estimate of drug-likeness (QED) is 0.685. The lowest BCUT2D eigenvalue weighted by molar-refractivity contribution is -0.143. The maximum Gasteiger partial charge on any atom is 0.275 e. The first kappa shape index (κ1) is 13.6. The van der Waals surface area contributed by atoms with Crippen LogP contribution in [0.15, 0.2) is 6.20 Å². The molecule has 2 N–H and O–H groups in total. The summed E-state index contributed by atoms with van der Waals surface area (Å²) in [6.45, 7) is 4.70. The molecular formula is C13H17N5O3. The topological polar surface area (TPSA) is 96.3 Å². The second kappa shape index (κ2) is 4.57. The number of piperazine rings is 1. The molecule has 3 amide bonds. The van der Waals surface area contributed by atoms with E-state index in [1.807, 2.05) is 4.57 Å². The van der Waals surface area contributed by atoms with Crippen molar-refractivity contribution in [2.24, 2.45) is 0 Å². The summed E-state index contributed by atoms with van der Waals surface area (Å²) in [5.41, 5.74) is -0.835. The largest absolute Gasteiger partial charge is 0.356 e. The van der Waals surface area contributed by atoms with Crippen molar-refractivity contribution in [2.45, 2.75) is 32.4 Å².